The molecule has 1 aliphatic heterocycles. The fraction of sp³-hybridized carbons (Fsp3) is 0.750. The van der Waals surface area contributed by atoms with Gasteiger partial charge >= 0.3 is 6.03 Å². The first-order valence-corrected chi connectivity index (χ1v) is 7.66. The lowest BCUT2D eigenvalue weighted by atomic mass is 10.3. The van der Waals surface area contributed by atoms with Gasteiger partial charge < -0.3 is 15.1 Å². The minimum Gasteiger partial charge on any atom is -0.343 e. The molecule has 104 valence electrons. The van der Waals surface area contributed by atoms with Crippen molar-refractivity contribution in [3.8, 4) is 0 Å². The molecule has 1 saturated heterocycles. The molecule has 1 aromatic heterocycles. The molecule has 1 saturated carbocycles. The van der Waals surface area contributed by atoms with Crippen LogP contribution < -0.4 is 10.2 Å². The van der Waals surface area contributed by atoms with E-state index in [-0.39, 0.29) is 6.03 Å². The van der Waals surface area contributed by atoms with Gasteiger partial charge in [0.05, 0.1) is 0 Å². The van der Waals surface area contributed by atoms with Crippen molar-refractivity contribution < 1.29 is 4.79 Å². The maximum absolute atomic E-state index is 11.7. The third kappa shape index (κ3) is 2.80. The maximum Gasteiger partial charge on any atom is 0.317 e. The number of carbonyl (C=O) groups is 1. The molecule has 0 spiro atoms. The van der Waals surface area contributed by atoms with E-state index in [2.05, 4.69) is 19.6 Å². The highest BCUT2D eigenvalue weighted by molar-refractivity contribution is 7.09. The number of anilines is 1. The van der Waals surface area contributed by atoms with E-state index in [9.17, 15) is 4.79 Å². The third-order valence-corrected chi connectivity index (χ3v) is 4.33. The van der Waals surface area contributed by atoms with Gasteiger partial charge in [-0.05, 0) is 19.8 Å². The molecule has 0 aromatic carbocycles. The van der Waals surface area contributed by atoms with Gasteiger partial charge in [-0.25, -0.2) is 9.78 Å². The van der Waals surface area contributed by atoms with Crippen LogP contribution in [0.3, 0.4) is 0 Å². The van der Waals surface area contributed by atoms with Crippen LogP contribution in [0.25, 0.3) is 0 Å². The minimum atomic E-state index is 0.0399. The first kappa shape index (κ1) is 12.7. The van der Waals surface area contributed by atoms with Crippen molar-refractivity contribution in [3.63, 3.8) is 0 Å². The molecule has 2 heterocycles. The summed E-state index contributed by atoms with van der Waals surface area (Å²) in [6, 6.07) is 0.0399. The summed E-state index contributed by atoms with van der Waals surface area (Å²) >= 11 is 1.49. The van der Waals surface area contributed by atoms with E-state index in [1.807, 2.05) is 11.8 Å². The summed E-state index contributed by atoms with van der Waals surface area (Å²) < 4.78 is 4.43. The highest BCUT2D eigenvalue weighted by Crippen LogP contribution is 2.39. The smallest absolute Gasteiger partial charge is 0.317 e. The molecule has 1 aliphatic carbocycles. The van der Waals surface area contributed by atoms with Crippen molar-refractivity contribution in [3.05, 3.63) is 5.82 Å². The first-order chi connectivity index (χ1) is 9.28. The zero-order valence-corrected chi connectivity index (χ0v) is 11.9. The van der Waals surface area contributed by atoms with Gasteiger partial charge in [-0.15, -0.1) is 0 Å². The molecular formula is C12H19N5OS. The van der Waals surface area contributed by atoms with Crippen LogP contribution in [0.5, 0.6) is 0 Å². The van der Waals surface area contributed by atoms with Crippen molar-refractivity contribution in [2.24, 2.45) is 0 Å². The Morgan fingerprint density at radius 1 is 1.37 bits per heavy atom. The largest absolute Gasteiger partial charge is 0.343 e. The average Bonchev–Trinajstić information content (AvgIpc) is 3.17. The molecule has 0 unspecified atom stereocenters. The minimum absolute atomic E-state index is 0.0399. The second-order valence-corrected chi connectivity index (χ2v) is 5.75. The van der Waals surface area contributed by atoms with Crippen LogP contribution >= 0.6 is 11.5 Å². The number of nitrogens with one attached hydrogen (secondary N) is 1. The van der Waals surface area contributed by atoms with Gasteiger partial charge in [-0.2, -0.15) is 4.37 Å². The van der Waals surface area contributed by atoms with Gasteiger partial charge in [0.2, 0.25) is 5.13 Å². The van der Waals surface area contributed by atoms with Crippen LogP contribution in [-0.4, -0.2) is 53.0 Å². The second-order valence-electron chi connectivity index (χ2n) is 5.02. The van der Waals surface area contributed by atoms with Gasteiger partial charge in [0, 0.05) is 50.2 Å². The Bertz CT molecular complexity index is 451. The molecule has 2 amide bonds. The average molecular weight is 281 g/mol. The molecule has 1 aromatic rings. The molecule has 0 atom stereocenters. The summed E-state index contributed by atoms with van der Waals surface area (Å²) in [4.78, 5) is 20.4. The van der Waals surface area contributed by atoms with Gasteiger partial charge in [-0.3, -0.25) is 0 Å². The molecule has 2 fully saturated rings. The third-order valence-electron chi connectivity index (χ3n) is 3.54. The topological polar surface area (TPSA) is 61.4 Å². The molecule has 0 bridgehead atoms. The SMILES string of the molecule is CCNC(=O)N1CCN(c2nc(C3CC3)ns2)CC1. The summed E-state index contributed by atoms with van der Waals surface area (Å²) in [5, 5.41) is 3.85. The highest BCUT2D eigenvalue weighted by atomic mass is 32.1. The molecule has 19 heavy (non-hydrogen) atoms. The normalized spacial score (nSPS) is 19.6. The summed E-state index contributed by atoms with van der Waals surface area (Å²) in [5.41, 5.74) is 0. The molecule has 1 N–H and O–H groups in total. The molecule has 6 nitrogen and oxygen atoms in total. The fourth-order valence-electron chi connectivity index (χ4n) is 2.23. The summed E-state index contributed by atoms with van der Waals surface area (Å²) in [7, 11) is 0. The Morgan fingerprint density at radius 3 is 2.74 bits per heavy atom. The molecular weight excluding hydrogens is 262 g/mol. The van der Waals surface area contributed by atoms with E-state index in [1.165, 1.54) is 24.4 Å². The highest BCUT2D eigenvalue weighted by Gasteiger charge is 2.29. The number of nitrogens with zero attached hydrogens (tertiary/aromatic N) is 4. The lowest BCUT2D eigenvalue weighted by Crippen LogP contribution is -2.51. The fourth-order valence-corrected chi connectivity index (χ4v) is 3.02. The number of hydrogen-bond acceptors (Lipinski definition) is 5. The van der Waals surface area contributed by atoms with Gasteiger partial charge in [-0.1, -0.05) is 0 Å². The van der Waals surface area contributed by atoms with E-state index in [4.69, 9.17) is 0 Å². The van der Waals surface area contributed by atoms with Crippen LogP contribution in [0.4, 0.5) is 9.93 Å². The number of carbonyl (C=O) groups excluding carboxylic acids is 1. The zero-order valence-electron chi connectivity index (χ0n) is 11.1. The first-order valence-electron chi connectivity index (χ1n) is 6.89. The summed E-state index contributed by atoms with van der Waals surface area (Å²) in [6.07, 6.45) is 2.47. The summed E-state index contributed by atoms with van der Waals surface area (Å²) in [6.45, 7) is 5.82. The van der Waals surface area contributed by atoms with E-state index in [0.29, 0.717) is 12.5 Å². The Balaban J connectivity index is 1.55. The predicted octanol–water partition coefficient (Wildman–Crippen LogP) is 1.27. The van der Waals surface area contributed by atoms with Crippen molar-refractivity contribution in [1.29, 1.82) is 0 Å². The molecule has 0 radical (unpaired) electrons. The van der Waals surface area contributed by atoms with E-state index in [1.54, 1.807) is 0 Å². The summed E-state index contributed by atoms with van der Waals surface area (Å²) in [5.74, 6) is 1.63. The van der Waals surface area contributed by atoms with Crippen molar-refractivity contribution in [2.45, 2.75) is 25.7 Å². The van der Waals surface area contributed by atoms with Gasteiger partial charge in [0.25, 0.3) is 0 Å². The standard InChI is InChI=1S/C12H19N5OS/c1-2-13-11(18)16-5-7-17(8-6-16)12-14-10(15-19-12)9-3-4-9/h9H,2-8H2,1H3,(H,13,18). The van der Waals surface area contributed by atoms with Crippen molar-refractivity contribution >= 4 is 22.7 Å². The Hall–Kier alpha value is -1.37. The number of piperazine rings is 1. The maximum atomic E-state index is 11.7. The van der Waals surface area contributed by atoms with Crippen LogP contribution in [0.15, 0.2) is 0 Å². The Labute approximate surface area is 117 Å². The second kappa shape index (κ2) is 5.32. The lowest BCUT2D eigenvalue weighted by molar-refractivity contribution is 0.195. The number of amides is 2. The Kier molecular flexibility index (Phi) is 3.54. The Morgan fingerprint density at radius 2 is 2.11 bits per heavy atom. The van der Waals surface area contributed by atoms with E-state index < -0.39 is 0 Å². The van der Waals surface area contributed by atoms with Gasteiger partial charge in [0.15, 0.2) is 0 Å². The molecule has 7 heteroatoms. The monoisotopic (exact) mass is 281 g/mol. The van der Waals surface area contributed by atoms with E-state index in [0.717, 1.165) is 37.1 Å². The van der Waals surface area contributed by atoms with Crippen LogP contribution in [0.2, 0.25) is 0 Å². The molecule has 2 aliphatic rings. The van der Waals surface area contributed by atoms with Crippen molar-refractivity contribution in [2.75, 3.05) is 37.6 Å². The lowest BCUT2D eigenvalue weighted by Gasteiger charge is -2.34. The van der Waals surface area contributed by atoms with Crippen LogP contribution in [0, 0.1) is 0 Å². The number of rotatable bonds is 3. The number of urea groups is 1. The molecule has 3 rings (SSSR count). The zero-order chi connectivity index (χ0) is 13.2. The van der Waals surface area contributed by atoms with Gasteiger partial charge in [0.1, 0.15) is 5.82 Å². The van der Waals surface area contributed by atoms with Crippen LogP contribution in [-0.2, 0) is 0 Å². The predicted molar refractivity (Wildman–Crippen MR) is 74.7 cm³/mol. The number of hydrogen-bond donors (Lipinski definition) is 1. The quantitative estimate of drug-likeness (QED) is 0.906. The number of aromatic nitrogens is 2. The van der Waals surface area contributed by atoms with Crippen molar-refractivity contribution in [1.82, 2.24) is 19.6 Å². The van der Waals surface area contributed by atoms with Crippen LogP contribution in [0.1, 0.15) is 31.5 Å². The van der Waals surface area contributed by atoms with E-state index >= 15 is 0 Å².